The van der Waals surface area contributed by atoms with E-state index in [1.165, 1.54) is 10.9 Å². The van der Waals surface area contributed by atoms with Crippen molar-refractivity contribution >= 4 is 39.8 Å². The Hall–Kier alpha value is -2.70. The first-order valence-corrected chi connectivity index (χ1v) is 9.63. The number of para-hydroxylation sites is 1. The van der Waals surface area contributed by atoms with Crippen LogP contribution < -0.4 is 14.8 Å². The quantitative estimate of drug-likeness (QED) is 0.425. The third kappa shape index (κ3) is 4.08. The van der Waals surface area contributed by atoms with Gasteiger partial charge in [-0.2, -0.15) is 0 Å². The predicted octanol–water partition coefficient (Wildman–Crippen LogP) is 5.39. The SMILES string of the molecule is COc1ccc(CCNc2nc(-c3c[nH]c4ccccc34)cs2)cc1OC.Cl. The summed E-state index contributed by atoms with van der Waals surface area (Å²) in [5.41, 5.74) is 4.44. The number of anilines is 1. The van der Waals surface area contributed by atoms with E-state index in [-0.39, 0.29) is 12.4 Å². The lowest BCUT2D eigenvalue weighted by molar-refractivity contribution is 0.354. The monoisotopic (exact) mass is 415 g/mol. The summed E-state index contributed by atoms with van der Waals surface area (Å²) in [6, 6.07) is 14.3. The summed E-state index contributed by atoms with van der Waals surface area (Å²) in [6.45, 7) is 0.802. The van der Waals surface area contributed by atoms with Crippen LogP contribution in [0, 0.1) is 0 Å². The highest BCUT2D eigenvalue weighted by molar-refractivity contribution is 7.14. The molecule has 0 fully saturated rings. The molecule has 0 aliphatic heterocycles. The Balaban J connectivity index is 0.00000225. The van der Waals surface area contributed by atoms with Gasteiger partial charge in [0.15, 0.2) is 16.6 Å². The van der Waals surface area contributed by atoms with Crippen LogP contribution in [0.2, 0.25) is 0 Å². The van der Waals surface area contributed by atoms with Gasteiger partial charge in [0.05, 0.1) is 19.9 Å². The maximum Gasteiger partial charge on any atom is 0.183 e. The molecule has 0 saturated carbocycles. The molecule has 0 amide bonds. The van der Waals surface area contributed by atoms with Crippen molar-refractivity contribution in [1.82, 2.24) is 9.97 Å². The summed E-state index contributed by atoms with van der Waals surface area (Å²) >= 11 is 1.62. The minimum Gasteiger partial charge on any atom is -0.493 e. The maximum atomic E-state index is 5.36. The average molecular weight is 416 g/mol. The van der Waals surface area contributed by atoms with Crippen LogP contribution in [0.3, 0.4) is 0 Å². The highest BCUT2D eigenvalue weighted by atomic mass is 35.5. The maximum absolute atomic E-state index is 5.36. The summed E-state index contributed by atoms with van der Waals surface area (Å²) in [5.74, 6) is 1.50. The molecule has 0 bridgehead atoms. The van der Waals surface area contributed by atoms with E-state index in [4.69, 9.17) is 14.5 Å². The lowest BCUT2D eigenvalue weighted by Gasteiger charge is -2.09. The molecule has 0 aliphatic carbocycles. The third-order valence-corrected chi connectivity index (χ3v) is 5.31. The fourth-order valence-corrected chi connectivity index (χ4v) is 3.85. The first-order valence-electron chi connectivity index (χ1n) is 8.75. The van der Waals surface area contributed by atoms with Gasteiger partial charge in [-0.15, -0.1) is 23.7 Å². The standard InChI is InChI=1S/C21H21N3O2S.ClH/c1-25-19-8-7-14(11-20(19)26-2)9-10-22-21-24-18(13-27-21)16-12-23-17-6-4-3-5-15(16)17;/h3-8,11-13,23H,9-10H2,1-2H3,(H,22,24);1H. The highest BCUT2D eigenvalue weighted by Gasteiger charge is 2.10. The van der Waals surface area contributed by atoms with E-state index in [1.54, 1.807) is 25.6 Å². The van der Waals surface area contributed by atoms with Crippen LogP contribution in [0.4, 0.5) is 5.13 Å². The van der Waals surface area contributed by atoms with Crippen molar-refractivity contribution in [3.8, 4) is 22.8 Å². The summed E-state index contributed by atoms with van der Waals surface area (Å²) in [7, 11) is 3.30. The number of rotatable bonds is 7. The Morgan fingerprint density at radius 2 is 1.89 bits per heavy atom. The van der Waals surface area contributed by atoms with Crippen molar-refractivity contribution in [1.29, 1.82) is 0 Å². The van der Waals surface area contributed by atoms with Crippen molar-refractivity contribution in [2.75, 3.05) is 26.1 Å². The molecule has 5 nitrogen and oxygen atoms in total. The molecule has 0 atom stereocenters. The second-order valence-corrected chi connectivity index (χ2v) is 7.01. The normalized spacial score (nSPS) is 10.5. The van der Waals surface area contributed by atoms with Crippen LogP contribution in [-0.4, -0.2) is 30.7 Å². The van der Waals surface area contributed by atoms with Crippen molar-refractivity contribution in [3.05, 3.63) is 59.6 Å². The van der Waals surface area contributed by atoms with E-state index in [0.29, 0.717) is 0 Å². The largest absolute Gasteiger partial charge is 0.493 e. The van der Waals surface area contributed by atoms with Gasteiger partial charge in [0.1, 0.15) is 0 Å². The smallest absolute Gasteiger partial charge is 0.183 e. The third-order valence-electron chi connectivity index (χ3n) is 4.51. The second-order valence-electron chi connectivity index (χ2n) is 6.15. The number of aromatic amines is 1. The van der Waals surface area contributed by atoms with E-state index < -0.39 is 0 Å². The van der Waals surface area contributed by atoms with Gasteiger partial charge < -0.3 is 19.8 Å². The van der Waals surface area contributed by atoms with Gasteiger partial charge in [-0.05, 0) is 30.2 Å². The lowest BCUT2D eigenvalue weighted by Crippen LogP contribution is -2.05. The van der Waals surface area contributed by atoms with Gasteiger partial charge in [-0.1, -0.05) is 24.3 Å². The molecule has 146 valence electrons. The van der Waals surface area contributed by atoms with Crippen LogP contribution in [0.25, 0.3) is 22.2 Å². The van der Waals surface area contributed by atoms with Gasteiger partial charge in [-0.25, -0.2) is 4.98 Å². The van der Waals surface area contributed by atoms with E-state index in [1.807, 2.05) is 30.5 Å². The summed E-state index contributed by atoms with van der Waals surface area (Å²) in [6.07, 6.45) is 2.90. The molecule has 0 unspecified atom stereocenters. The Bertz CT molecular complexity index is 1060. The Morgan fingerprint density at radius 3 is 2.71 bits per heavy atom. The topological polar surface area (TPSA) is 59.2 Å². The number of benzene rings is 2. The number of methoxy groups -OCH3 is 2. The molecule has 4 rings (SSSR count). The van der Waals surface area contributed by atoms with Crippen LogP contribution in [-0.2, 0) is 6.42 Å². The number of H-pyrrole nitrogens is 1. The molecule has 0 saturated heterocycles. The van der Waals surface area contributed by atoms with Crippen molar-refractivity contribution in [3.63, 3.8) is 0 Å². The first-order chi connectivity index (χ1) is 13.3. The number of aromatic nitrogens is 2. The average Bonchev–Trinajstić information content (AvgIpc) is 3.34. The van der Waals surface area contributed by atoms with Gasteiger partial charge in [0.2, 0.25) is 0 Å². The van der Waals surface area contributed by atoms with Crippen molar-refractivity contribution in [2.24, 2.45) is 0 Å². The number of hydrogen-bond acceptors (Lipinski definition) is 5. The van der Waals surface area contributed by atoms with Crippen LogP contribution in [0.15, 0.2) is 54.0 Å². The van der Waals surface area contributed by atoms with Crippen molar-refractivity contribution < 1.29 is 9.47 Å². The molecular formula is C21H22ClN3O2S. The minimum atomic E-state index is 0. The number of hydrogen-bond donors (Lipinski definition) is 2. The molecule has 7 heteroatoms. The van der Waals surface area contributed by atoms with Gasteiger partial charge in [0, 0.05) is 34.6 Å². The number of nitrogens with zero attached hydrogens (tertiary/aromatic N) is 1. The molecule has 2 aromatic carbocycles. The number of nitrogens with one attached hydrogen (secondary N) is 2. The molecule has 0 radical (unpaired) electrons. The van der Waals surface area contributed by atoms with Gasteiger partial charge in [-0.3, -0.25) is 0 Å². The van der Waals surface area contributed by atoms with E-state index in [9.17, 15) is 0 Å². The summed E-state index contributed by atoms with van der Waals surface area (Å²) < 4.78 is 10.6. The fourth-order valence-electron chi connectivity index (χ4n) is 3.11. The number of halogens is 1. The van der Waals surface area contributed by atoms with E-state index in [0.717, 1.165) is 46.4 Å². The van der Waals surface area contributed by atoms with Gasteiger partial charge in [0.25, 0.3) is 0 Å². The Kier molecular flexibility index (Phi) is 6.44. The van der Waals surface area contributed by atoms with E-state index >= 15 is 0 Å². The molecule has 2 heterocycles. The molecule has 0 spiro atoms. The minimum absolute atomic E-state index is 0. The lowest BCUT2D eigenvalue weighted by atomic mass is 10.1. The molecule has 0 aliphatic rings. The zero-order chi connectivity index (χ0) is 18.6. The zero-order valence-electron chi connectivity index (χ0n) is 15.7. The van der Waals surface area contributed by atoms with Crippen LogP contribution >= 0.6 is 23.7 Å². The predicted molar refractivity (Wildman–Crippen MR) is 118 cm³/mol. The fraction of sp³-hybridized carbons (Fsp3) is 0.190. The Labute approximate surface area is 174 Å². The molecule has 2 N–H and O–H groups in total. The summed E-state index contributed by atoms with van der Waals surface area (Å²) in [4.78, 5) is 8.04. The highest BCUT2D eigenvalue weighted by Crippen LogP contribution is 2.31. The molecule has 4 aromatic rings. The van der Waals surface area contributed by atoms with Crippen molar-refractivity contribution in [2.45, 2.75) is 6.42 Å². The molecule has 2 aromatic heterocycles. The first kappa shape index (κ1) is 20.0. The number of fused-ring (bicyclic) bond motifs is 1. The zero-order valence-corrected chi connectivity index (χ0v) is 17.3. The van der Waals surface area contributed by atoms with E-state index in [2.05, 4.69) is 33.9 Å². The van der Waals surface area contributed by atoms with Crippen LogP contribution in [0.5, 0.6) is 11.5 Å². The second kappa shape index (κ2) is 8.99. The number of ether oxygens (including phenoxy) is 2. The Morgan fingerprint density at radius 1 is 1.07 bits per heavy atom. The van der Waals surface area contributed by atoms with Crippen LogP contribution in [0.1, 0.15) is 5.56 Å². The summed E-state index contributed by atoms with van der Waals surface area (Å²) in [5, 5.41) is 7.63. The molecule has 28 heavy (non-hydrogen) atoms. The number of thiazole rings is 1. The molecular weight excluding hydrogens is 394 g/mol. The van der Waals surface area contributed by atoms with Gasteiger partial charge >= 0.3 is 0 Å².